The van der Waals surface area contributed by atoms with Crippen molar-refractivity contribution in [2.45, 2.75) is 32.8 Å². The number of aromatic nitrogens is 2. The third-order valence-corrected chi connectivity index (χ3v) is 2.74. The Morgan fingerprint density at radius 3 is 2.28 bits per heavy atom. The van der Waals surface area contributed by atoms with E-state index in [2.05, 4.69) is 30.7 Å². The van der Waals surface area contributed by atoms with Crippen LogP contribution in [0.25, 0.3) is 11.4 Å². The lowest BCUT2D eigenvalue weighted by molar-refractivity contribution is 0.276. The molecule has 2 aromatic rings. The van der Waals surface area contributed by atoms with E-state index in [-0.39, 0.29) is 12.0 Å². The molecule has 1 N–H and O–H groups in total. The first-order chi connectivity index (χ1) is 8.50. The Morgan fingerprint density at radius 1 is 1.06 bits per heavy atom. The summed E-state index contributed by atoms with van der Waals surface area (Å²) in [4.78, 5) is 8.98. The molecule has 18 heavy (non-hydrogen) atoms. The van der Waals surface area contributed by atoms with E-state index in [0.717, 1.165) is 11.3 Å². The highest BCUT2D eigenvalue weighted by molar-refractivity contribution is 5.55. The standard InChI is InChI=1S/C15H18N2O/c1-15(2,3)13-9-12(10-18)16-14(17-13)11-7-5-4-6-8-11/h4-9,18H,10H2,1-3H3. The zero-order chi connectivity index (χ0) is 13.2. The molecule has 0 aliphatic heterocycles. The van der Waals surface area contributed by atoms with Gasteiger partial charge in [-0.1, -0.05) is 51.1 Å². The van der Waals surface area contributed by atoms with Crippen molar-refractivity contribution >= 4 is 0 Å². The van der Waals surface area contributed by atoms with Crippen molar-refractivity contribution < 1.29 is 5.11 Å². The van der Waals surface area contributed by atoms with E-state index in [0.29, 0.717) is 11.5 Å². The Hall–Kier alpha value is -1.74. The fourth-order valence-electron chi connectivity index (χ4n) is 1.68. The number of hydrogen-bond acceptors (Lipinski definition) is 3. The Kier molecular flexibility index (Phi) is 3.43. The molecule has 0 aliphatic carbocycles. The summed E-state index contributed by atoms with van der Waals surface area (Å²) < 4.78 is 0. The van der Waals surface area contributed by atoms with Crippen LogP contribution in [-0.4, -0.2) is 15.1 Å². The minimum Gasteiger partial charge on any atom is -0.390 e. The number of rotatable bonds is 2. The molecular formula is C15H18N2O. The molecule has 3 nitrogen and oxygen atoms in total. The number of aliphatic hydroxyl groups excluding tert-OH is 1. The first-order valence-electron chi connectivity index (χ1n) is 6.05. The average molecular weight is 242 g/mol. The molecule has 1 heterocycles. The lowest BCUT2D eigenvalue weighted by Gasteiger charge is -2.19. The van der Waals surface area contributed by atoms with Gasteiger partial charge in [0.25, 0.3) is 0 Å². The minimum atomic E-state index is -0.0641. The lowest BCUT2D eigenvalue weighted by atomic mass is 9.91. The van der Waals surface area contributed by atoms with Gasteiger partial charge in [-0.2, -0.15) is 0 Å². The molecule has 0 spiro atoms. The molecule has 0 atom stereocenters. The van der Waals surface area contributed by atoms with E-state index in [1.807, 2.05) is 36.4 Å². The van der Waals surface area contributed by atoms with Crippen molar-refractivity contribution in [3.8, 4) is 11.4 Å². The average Bonchev–Trinajstić information content (AvgIpc) is 2.38. The number of hydrogen-bond donors (Lipinski definition) is 1. The molecule has 0 saturated carbocycles. The van der Waals surface area contributed by atoms with Crippen LogP contribution in [0.15, 0.2) is 36.4 Å². The van der Waals surface area contributed by atoms with E-state index >= 15 is 0 Å². The highest BCUT2D eigenvalue weighted by Gasteiger charge is 2.18. The second-order valence-electron chi connectivity index (χ2n) is 5.34. The van der Waals surface area contributed by atoms with Crippen molar-refractivity contribution in [3.63, 3.8) is 0 Å². The van der Waals surface area contributed by atoms with Crippen LogP contribution in [0.2, 0.25) is 0 Å². The van der Waals surface area contributed by atoms with E-state index in [9.17, 15) is 5.11 Å². The predicted molar refractivity (Wildman–Crippen MR) is 72.1 cm³/mol. The van der Waals surface area contributed by atoms with Crippen LogP contribution in [0.3, 0.4) is 0 Å². The Balaban J connectivity index is 2.55. The second kappa shape index (κ2) is 4.86. The molecule has 1 aromatic carbocycles. The van der Waals surface area contributed by atoms with Crippen molar-refractivity contribution in [3.05, 3.63) is 47.8 Å². The molecule has 0 fully saturated rings. The summed E-state index contributed by atoms with van der Waals surface area (Å²) in [6.07, 6.45) is 0. The van der Waals surface area contributed by atoms with Gasteiger partial charge in [-0.3, -0.25) is 0 Å². The zero-order valence-corrected chi connectivity index (χ0v) is 11.0. The fourth-order valence-corrected chi connectivity index (χ4v) is 1.68. The summed E-state index contributed by atoms with van der Waals surface area (Å²) in [7, 11) is 0. The van der Waals surface area contributed by atoms with Crippen molar-refractivity contribution in [1.82, 2.24) is 9.97 Å². The summed E-state index contributed by atoms with van der Waals surface area (Å²) in [6.45, 7) is 6.24. The van der Waals surface area contributed by atoms with Crippen LogP contribution >= 0.6 is 0 Å². The molecule has 0 unspecified atom stereocenters. The molecule has 94 valence electrons. The van der Waals surface area contributed by atoms with E-state index < -0.39 is 0 Å². The van der Waals surface area contributed by atoms with Crippen LogP contribution in [0.1, 0.15) is 32.2 Å². The molecule has 1 aromatic heterocycles. The van der Waals surface area contributed by atoms with E-state index in [1.54, 1.807) is 0 Å². The number of nitrogens with zero attached hydrogens (tertiary/aromatic N) is 2. The van der Waals surface area contributed by atoms with Gasteiger partial charge in [0.2, 0.25) is 0 Å². The van der Waals surface area contributed by atoms with Gasteiger partial charge in [-0.15, -0.1) is 0 Å². The summed E-state index contributed by atoms with van der Waals surface area (Å²) in [6, 6.07) is 11.7. The van der Waals surface area contributed by atoms with Crippen molar-refractivity contribution in [2.24, 2.45) is 0 Å². The summed E-state index contributed by atoms with van der Waals surface area (Å²) in [5.41, 5.74) is 2.52. The van der Waals surface area contributed by atoms with Crippen LogP contribution in [-0.2, 0) is 12.0 Å². The highest BCUT2D eigenvalue weighted by Crippen LogP contribution is 2.24. The molecule has 0 saturated heterocycles. The quantitative estimate of drug-likeness (QED) is 0.880. The monoisotopic (exact) mass is 242 g/mol. The van der Waals surface area contributed by atoms with Crippen molar-refractivity contribution in [1.29, 1.82) is 0 Å². The maximum atomic E-state index is 9.31. The number of aliphatic hydroxyl groups is 1. The molecule has 2 rings (SSSR count). The molecular weight excluding hydrogens is 224 g/mol. The SMILES string of the molecule is CC(C)(C)c1cc(CO)nc(-c2ccccc2)n1. The van der Waals surface area contributed by atoms with Gasteiger partial charge < -0.3 is 5.11 Å². The molecule has 0 radical (unpaired) electrons. The Labute approximate surface area is 108 Å². The maximum Gasteiger partial charge on any atom is 0.159 e. The first-order valence-corrected chi connectivity index (χ1v) is 6.05. The third kappa shape index (κ3) is 2.74. The molecule has 3 heteroatoms. The van der Waals surface area contributed by atoms with Gasteiger partial charge in [-0.05, 0) is 6.07 Å². The second-order valence-corrected chi connectivity index (χ2v) is 5.34. The zero-order valence-electron chi connectivity index (χ0n) is 11.0. The van der Waals surface area contributed by atoms with Gasteiger partial charge in [0.05, 0.1) is 18.0 Å². The van der Waals surface area contributed by atoms with E-state index in [1.165, 1.54) is 0 Å². The van der Waals surface area contributed by atoms with Crippen LogP contribution < -0.4 is 0 Å². The third-order valence-electron chi connectivity index (χ3n) is 2.74. The summed E-state index contributed by atoms with van der Waals surface area (Å²) in [5, 5.41) is 9.31. The van der Waals surface area contributed by atoms with Gasteiger partial charge in [0.1, 0.15) is 0 Å². The number of benzene rings is 1. The normalized spacial score (nSPS) is 11.6. The molecule has 0 bridgehead atoms. The van der Waals surface area contributed by atoms with Gasteiger partial charge in [0.15, 0.2) is 5.82 Å². The smallest absolute Gasteiger partial charge is 0.159 e. The topological polar surface area (TPSA) is 46.0 Å². The van der Waals surface area contributed by atoms with Gasteiger partial charge in [0, 0.05) is 11.0 Å². The highest BCUT2D eigenvalue weighted by atomic mass is 16.3. The fraction of sp³-hybridized carbons (Fsp3) is 0.333. The largest absolute Gasteiger partial charge is 0.390 e. The first kappa shape index (κ1) is 12.7. The summed E-state index contributed by atoms with van der Waals surface area (Å²) >= 11 is 0. The Bertz CT molecular complexity index is 530. The predicted octanol–water partition coefficient (Wildman–Crippen LogP) is 2.93. The van der Waals surface area contributed by atoms with Crippen LogP contribution in [0.5, 0.6) is 0 Å². The van der Waals surface area contributed by atoms with Crippen LogP contribution in [0.4, 0.5) is 0 Å². The van der Waals surface area contributed by atoms with E-state index in [4.69, 9.17) is 0 Å². The summed E-state index contributed by atoms with van der Waals surface area (Å²) in [5.74, 6) is 0.673. The minimum absolute atomic E-state index is 0.0591. The van der Waals surface area contributed by atoms with Gasteiger partial charge in [-0.25, -0.2) is 9.97 Å². The molecule has 0 amide bonds. The van der Waals surface area contributed by atoms with Crippen LogP contribution in [0, 0.1) is 0 Å². The maximum absolute atomic E-state index is 9.31. The lowest BCUT2D eigenvalue weighted by Crippen LogP contribution is -2.15. The van der Waals surface area contributed by atoms with Crippen molar-refractivity contribution in [2.75, 3.05) is 0 Å². The van der Waals surface area contributed by atoms with Gasteiger partial charge >= 0.3 is 0 Å². The Morgan fingerprint density at radius 2 is 1.72 bits per heavy atom. The molecule has 0 aliphatic rings.